The molecule has 0 unspecified atom stereocenters. The van der Waals surface area contributed by atoms with E-state index in [2.05, 4.69) is 15.6 Å². The van der Waals surface area contributed by atoms with Gasteiger partial charge in [-0.05, 0) is 42.0 Å². The van der Waals surface area contributed by atoms with Gasteiger partial charge < -0.3 is 20.8 Å². The molecule has 2 aromatic carbocycles. The van der Waals surface area contributed by atoms with E-state index >= 15 is 0 Å². The highest BCUT2D eigenvalue weighted by atomic mass is 16.3. The molecule has 7 nitrogen and oxygen atoms in total. The van der Waals surface area contributed by atoms with Gasteiger partial charge in [0, 0.05) is 23.5 Å². The van der Waals surface area contributed by atoms with Crippen LogP contribution in [0.3, 0.4) is 0 Å². The van der Waals surface area contributed by atoms with Gasteiger partial charge in [-0.2, -0.15) is 0 Å². The molecule has 0 aliphatic rings. The Hall–Kier alpha value is -3.45. The van der Waals surface area contributed by atoms with E-state index in [9.17, 15) is 9.59 Å². The Balaban J connectivity index is 1.62. The summed E-state index contributed by atoms with van der Waals surface area (Å²) in [6.45, 7) is 0.355. The van der Waals surface area contributed by atoms with Crippen LogP contribution in [-0.4, -0.2) is 16.8 Å². The first-order valence-corrected chi connectivity index (χ1v) is 7.56. The number of benzene rings is 2. The predicted octanol–water partition coefficient (Wildman–Crippen LogP) is 2.38. The zero-order chi connectivity index (χ0) is 17.6. The van der Waals surface area contributed by atoms with Gasteiger partial charge in [-0.15, -0.1) is 0 Å². The van der Waals surface area contributed by atoms with Crippen molar-refractivity contribution in [2.24, 2.45) is 5.73 Å². The van der Waals surface area contributed by atoms with Gasteiger partial charge in [-0.25, -0.2) is 4.98 Å². The number of nitrogens with zero attached hydrogens (tertiary/aromatic N) is 1. The third-order valence-corrected chi connectivity index (χ3v) is 3.49. The predicted molar refractivity (Wildman–Crippen MR) is 93.5 cm³/mol. The van der Waals surface area contributed by atoms with Gasteiger partial charge in [0.05, 0.1) is 6.20 Å². The van der Waals surface area contributed by atoms with Gasteiger partial charge in [0.15, 0.2) is 12.2 Å². The van der Waals surface area contributed by atoms with Crippen molar-refractivity contribution in [1.82, 2.24) is 4.98 Å². The fourth-order valence-corrected chi connectivity index (χ4v) is 2.23. The molecule has 3 rings (SSSR count). The van der Waals surface area contributed by atoms with E-state index in [4.69, 9.17) is 10.2 Å². The summed E-state index contributed by atoms with van der Waals surface area (Å²) < 4.78 is 5.19. The van der Waals surface area contributed by atoms with Crippen LogP contribution in [0.4, 0.5) is 11.4 Å². The lowest BCUT2D eigenvalue weighted by Crippen LogP contribution is -2.29. The second kappa shape index (κ2) is 7.41. The Morgan fingerprint density at radius 1 is 1.00 bits per heavy atom. The van der Waals surface area contributed by atoms with Crippen molar-refractivity contribution in [3.05, 3.63) is 66.7 Å². The molecule has 25 heavy (non-hydrogen) atoms. The van der Waals surface area contributed by atoms with Crippen LogP contribution >= 0.6 is 0 Å². The lowest BCUT2D eigenvalue weighted by atomic mass is 10.1. The van der Waals surface area contributed by atoms with Crippen molar-refractivity contribution in [3.63, 3.8) is 0 Å². The van der Waals surface area contributed by atoms with Crippen LogP contribution in [0.2, 0.25) is 0 Å². The molecule has 0 radical (unpaired) electrons. The molecule has 0 saturated heterocycles. The Labute approximate surface area is 143 Å². The zero-order valence-corrected chi connectivity index (χ0v) is 13.2. The number of rotatable bonds is 4. The van der Waals surface area contributed by atoms with Crippen LogP contribution in [0.1, 0.15) is 5.56 Å². The van der Waals surface area contributed by atoms with E-state index < -0.39 is 11.8 Å². The largest absolute Gasteiger partial charge is 0.444 e. The quantitative estimate of drug-likeness (QED) is 0.634. The molecule has 7 heteroatoms. The normalized spacial score (nSPS) is 10.3. The van der Waals surface area contributed by atoms with Crippen molar-refractivity contribution in [2.45, 2.75) is 6.54 Å². The van der Waals surface area contributed by atoms with Crippen LogP contribution in [0.5, 0.6) is 0 Å². The minimum Gasteiger partial charge on any atom is -0.444 e. The van der Waals surface area contributed by atoms with Crippen LogP contribution in [0.15, 0.2) is 65.5 Å². The molecule has 0 saturated carbocycles. The fraction of sp³-hybridized carbons (Fsp3) is 0.0556. The van der Waals surface area contributed by atoms with Crippen molar-refractivity contribution >= 4 is 23.2 Å². The van der Waals surface area contributed by atoms with Crippen molar-refractivity contribution in [1.29, 1.82) is 0 Å². The summed E-state index contributed by atoms with van der Waals surface area (Å²) in [4.78, 5) is 27.8. The topological polar surface area (TPSA) is 110 Å². The summed E-state index contributed by atoms with van der Waals surface area (Å²) in [6, 6.07) is 13.9. The molecule has 3 aromatic rings. The summed E-state index contributed by atoms with van der Waals surface area (Å²) in [5, 5.41) is 5.08. The smallest absolute Gasteiger partial charge is 0.314 e. The second-order valence-corrected chi connectivity index (χ2v) is 5.26. The molecular weight excluding hydrogens is 320 g/mol. The summed E-state index contributed by atoms with van der Waals surface area (Å²) in [5.41, 5.74) is 8.25. The summed E-state index contributed by atoms with van der Waals surface area (Å²) >= 11 is 0. The molecule has 126 valence electrons. The Morgan fingerprint density at radius 2 is 1.72 bits per heavy atom. The highest BCUT2D eigenvalue weighted by molar-refractivity contribution is 6.43. The number of hydrogen-bond donors (Lipinski definition) is 3. The maximum Gasteiger partial charge on any atom is 0.314 e. The van der Waals surface area contributed by atoms with E-state index in [1.807, 2.05) is 6.07 Å². The molecule has 0 aliphatic carbocycles. The third-order valence-electron chi connectivity index (χ3n) is 3.49. The van der Waals surface area contributed by atoms with E-state index in [0.29, 0.717) is 23.7 Å². The van der Waals surface area contributed by atoms with Crippen molar-refractivity contribution in [3.8, 4) is 11.3 Å². The fourth-order valence-electron chi connectivity index (χ4n) is 2.23. The maximum absolute atomic E-state index is 12.0. The minimum absolute atomic E-state index is 0.355. The maximum atomic E-state index is 12.0. The van der Waals surface area contributed by atoms with Gasteiger partial charge >= 0.3 is 11.8 Å². The first-order chi connectivity index (χ1) is 12.2. The molecular formula is C18H16N4O3. The van der Waals surface area contributed by atoms with E-state index in [1.165, 1.54) is 6.39 Å². The molecule has 0 atom stereocenters. The van der Waals surface area contributed by atoms with Crippen molar-refractivity contribution in [2.75, 3.05) is 10.6 Å². The van der Waals surface area contributed by atoms with Gasteiger partial charge in [0.25, 0.3) is 0 Å². The molecule has 0 spiro atoms. The molecule has 1 heterocycles. The molecule has 4 N–H and O–H groups in total. The third kappa shape index (κ3) is 4.10. The molecule has 1 aromatic heterocycles. The van der Waals surface area contributed by atoms with Gasteiger partial charge in [-0.1, -0.05) is 12.1 Å². The van der Waals surface area contributed by atoms with Crippen LogP contribution < -0.4 is 16.4 Å². The molecule has 0 fully saturated rings. The number of anilines is 2. The van der Waals surface area contributed by atoms with E-state index in [1.54, 1.807) is 48.7 Å². The van der Waals surface area contributed by atoms with Gasteiger partial charge in [0.2, 0.25) is 0 Å². The molecule has 0 aliphatic heterocycles. The number of oxazole rings is 1. The summed E-state index contributed by atoms with van der Waals surface area (Å²) in [5.74, 6) is -0.894. The summed E-state index contributed by atoms with van der Waals surface area (Å²) in [6.07, 6.45) is 2.94. The van der Waals surface area contributed by atoms with Gasteiger partial charge in [-0.3, -0.25) is 9.59 Å². The van der Waals surface area contributed by atoms with Gasteiger partial charge in [0.1, 0.15) is 0 Å². The number of amides is 2. The Morgan fingerprint density at radius 3 is 2.36 bits per heavy atom. The van der Waals surface area contributed by atoms with Crippen LogP contribution in [0, 0.1) is 0 Å². The number of hydrogen-bond acceptors (Lipinski definition) is 5. The van der Waals surface area contributed by atoms with E-state index in [-0.39, 0.29) is 0 Å². The standard InChI is InChI=1S/C18H16N4O3/c19-9-12-2-1-3-15(8-12)22-18(24)17(23)21-14-6-4-13(5-7-14)16-10-20-11-25-16/h1-8,10-11H,9,19H2,(H,21,23)(H,22,24). The minimum atomic E-state index is -0.759. The lowest BCUT2D eigenvalue weighted by Gasteiger charge is -2.08. The highest BCUT2D eigenvalue weighted by Crippen LogP contribution is 2.20. The lowest BCUT2D eigenvalue weighted by molar-refractivity contribution is -0.132. The monoisotopic (exact) mass is 336 g/mol. The SMILES string of the molecule is NCc1cccc(NC(=O)C(=O)Nc2ccc(-c3cnco3)cc2)c1. The summed E-state index contributed by atoms with van der Waals surface area (Å²) in [7, 11) is 0. The Bertz CT molecular complexity index is 874. The first kappa shape index (κ1) is 16.4. The number of carbonyl (C=O) groups is 2. The van der Waals surface area contributed by atoms with Crippen LogP contribution in [-0.2, 0) is 16.1 Å². The number of nitrogens with one attached hydrogen (secondary N) is 2. The Kier molecular flexibility index (Phi) is 4.87. The van der Waals surface area contributed by atoms with Crippen LogP contribution in [0.25, 0.3) is 11.3 Å². The number of aromatic nitrogens is 1. The molecule has 2 amide bonds. The second-order valence-electron chi connectivity index (χ2n) is 5.26. The molecule has 0 bridgehead atoms. The number of nitrogens with two attached hydrogens (primary N) is 1. The average Bonchev–Trinajstić information content (AvgIpc) is 3.17. The average molecular weight is 336 g/mol. The highest BCUT2D eigenvalue weighted by Gasteiger charge is 2.14. The zero-order valence-electron chi connectivity index (χ0n) is 13.2. The first-order valence-electron chi connectivity index (χ1n) is 7.56. The van der Waals surface area contributed by atoms with E-state index in [0.717, 1.165) is 11.1 Å². The van der Waals surface area contributed by atoms with Crippen molar-refractivity contribution < 1.29 is 14.0 Å². The number of carbonyl (C=O) groups excluding carboxylic acids is 2.